The number of hydrogen-bond acceptors (Lipinski definition) is 5. The standard InChI is InChI=1S/C15H26N4O/c1-4-8-16-14-11(3)15(19-13(5-2)18-14)17-10-12-7-6-9-20-12/h12H,4-10H2,1-3H3,(H2,16,17,18,19). The summed E-state index contributed by atoms with van der Waals surface area (Å²) in [6.07, 6.45) is 4.55. The zero-order valence-electron chi connectivity index (χ0n) is 12.8. The van der Waals surface area contributed by atoms with E-state index in [0.29, 0.717) is 6.10 Å². The molecule has 1 aromatic heterocycles. The van der Waals surface area contributed by atoms with Crippen molar-refractivity contribution in [1.29, 1.82) is 0 Å². The van der Waals surface area contributed by atoms with Crippen molar-refractivity contribution in [2.24, 2.45) is 0 Å². The predicted octanol–water partition coefficient (Wildman–Crippen LogP) is 2.76. The Kier molecular flexibility index (Phi) is 5.59. The van der Waals surface area contributed by atoms with Gasteiger partial charge in [0, 0.05) is 31.7 Å². The lowest BCUT2D eigenvalue weighted by atomic mass is 10.2. The van der Waals surface area contributed by atoms with Crippen LogP contribution in [0.5, 0.6) is 0 Å². The molecular formula is C15H26N4O. The highest BCUT2D eigenvalue weighted by atomic mass is 16.5. The molecule has 0 saturated carbocycles. The molecule has 112 valence electrons. The first-order chi connectivity index (χ1) is 9.74. The van der Waals surface area contributed by atoms with Gasteiger partial charge in [0.15, 0.2) is 0 Å². The van der Waals surface area contributed by atoms with Crippen LogP contribution in [0, 0.1) is 6.92 Å². The van der Waals surface area contributed by atoms with E-state index in [4.69, 9.17) is 4.74 Å². The average molecular weight is 278 g/mol. The van der Waals surface area contributed by atoms with Crippen LogP contribution in [-0.2, 0) is 11.2 Å². The van der Waals surface area contributed by atoms with E-state index in [0.717, 1.165) is 62.0 Å². The van der Waals surface area contributed by atoms with Crippen molar-refractivity contribution in [1.82, 2.24) is 9.97 Å². The minimum atomic E-state index is 0.321. The maximum absolute atomic E-state index is 5.64. The quantitative estimate of drug-likeness (QED) is 0.803. The third kappa shape index (κ3) is 3.82. The van der Waals surface area contributed by atoms with Gasteiger partial charge in [-0.25, -0.2) is 9.97 Å². The third-order valence-corrected chi connectivity index (χ3v) is 3.57. The second-order valence-corrected chi connectivity index (χ2v) is 5.26. The number of aryl methyl sites for hydroxylation is 1. The Bertz CT molecular complexity index is 430. The molecule has 1 atom stereocenters. The first-order valence-electron chi connectivity index (χ1n) is 7.71. The number of nitrogens with one attached hydrogen (secondary N) is 2. The summed E-state index contributed by atoms with van der Waals surface area (Å²) in [5, 5.41) is 6.81. The van der Waals surface area contributed by atoms with E-state index < -0.39 is 0 Å². The molecule has 20 heavy (non-hydrogen) atoms. The number of anilines is 2. The first kappa shape index (κ1) is 15.0. The van der Waals surface area contributed by atoms with Crippen LogP contribution >= 0.6 is 0 Å². The van der Waals surface area contributed by atoms with Crippen LogP contribution in [0.2, 0.25) is 0 Å². The van der Waals surface area contributed by atoms with Crippen molar-refractivity contribution >= 4 is 11.6 Å². The monoisotopic (exact) mass is 278 g/mol. The Morgan fingerprint density at radius 3 is 2.55 bits per heavy atom. The maximum Gasteiger partial charge on any atom is 0.134 e. The van der Waals surface area contributed by atoms with Crippen molar-refractivity contribution < 1.29 is 4.74 Å². The Balaban J connectivity index is 2.08. The van der Waals surface area contributed by atoms with Gasteiger partial charge in [0.05, 0.1) is 6.10 Å². The van der Waals surface area contributed by atoms with E-state index in [2.05, 4.69) is 41.4 Å². The van der Waals surface area contributed by atoms with Crippen LogP contribution in [-0.4, -0.2) is 35.8 Å². The molecule has 0 spiro atoms. The molecule has 0 aromatic carbocycles. The molecule has 5 nitrogen and oxygen atoms in total. The highest BCUT2D eigenvalue weighted by Crippen LogP contribution is 2.21. The molecule has 0 bridgehead atoms. The number of nitrogens with zero attached hydrogens (tertiary/aromatic N) is 2. The second kappa shape index (κ2) is 7.43. The van der Waals surface area contributed by atoms with Gasteiger partial charge in [0.1, 0.15) is 17.5 Å². The summed E-state index contributed by atoms with van der Waals surface area (Å²) in [5.41, 5.74) is 1.09. The van der Waals surface area contributed by atoms with E-state index in [9.17, 15) is 0 Å². The molecule has 1 saturated heterocycles. The van der Waals surface area contributed by atoms with E-state index >= 15 is 0 Å². The first-order valence-corrected chi connectivity index (χ1v) is 7.71. The number of ether oxygens (including phenoxy) is 1. The van der Waals surface area contributed by atoms with E-state index in [1.165, 1.54) is 6.42 Å². The van der Waals surface area contributed by atoms with Crippen LogP contribution in [0.15, 0.2) is 0 Å². The van der Waals surface area contributed by atoms with Gasteiger partial charge in [-0.1, -0.05) is 13.8 Å². The van der Waals surface area contributed by atoms with Crippen LogP contribution < -0.4 is 10.6 Å². The van der Waals surface area contributed by atoms with Gasteiger partial charge in [0.2, 0.25) is 0 Å². The van der Waals surface area contributed by atoms with Crippen molar-refractivity contribution in [3.63, 3.8) is 0 Å². The highest BCUT2D eigenvalue weighted by molar-refractivity contribution is 5.57. The van der Waals surface area contributed by atoms with Gasteiger partial charge in [-0.05, 0) is 26.2 Å². The summed E-state index contributed by atoms with van der Waals surface area (Å²) in [6.45, 7) is 8.95. The second-order valence-electron chi connectivity index (χ2n) is 5.26. The molecule has 0 radical (unpaired) electrons. The Labute approximate surface area is 121 Å². The molecule has 1 aromatic rings. The normalized spacial score (nSPS) is 18.2. The molecule has 1 aliphatic rings. The average Bonchev–Trinajstić information content (AvgIpc) is 2.98. The molecule has 2 heterocycles. The fraction of sp³-hybridized carbons (Fsp3) is 0.733. The summed E-state index contributed by atoms with van der Waals surface area (Å²) in [5.74, 6) is 2.77. The summed E-state index contributed by atoms with van der Waals surface area (Å²) in [6, 6.07) is 0. The Morgan fingerprint density at radius 1 is 1.20 bits per heavy atom. The molecule has 1 aliphatic heterocycles. The fourth-order valence-corrected chi connectivity index (χ4v) is 2.32. The van der Waals surface area contributed by atoms with Crippen molar-refractivity contribution in [3.8, 4) is 0 Å². The molecule has 1 fully saturated rings. The van der Waals surface area contributed by atoms with Crippen LogP contribution in [0.4, 0.5) is 11.6 Å². The fourth-order valence-electron chi connectivity index (χ4n) is 2.32. The van der Waals surface area contributed by atoms with Crippen molar-refractivity contribution in [2.75, 3.05) is 30.3 Å². The number of hydrogen-bond donors (Lipinski definition) is 2. The summed E-state index contributed by atoms with van der Waals surface area (Å²) < 4.78 is 5.64. The summed E-state index contributed by atoms with van der Waals surface area (Å²) in [7, 11) is 0. The zero-order chi connectivity index (χ0) is 14.4. The minimum absolute atomic E-state index is 0.321. The van der Waals surface area contributed by atoms with E-state index in [1.54, 1.807) is 0 Å². The Morgan fingerprint density at radius 2 is 1.95 bits per heavy atom. The highest BCUT2D eigenvalue weighted by Gasteiger charge is 2.16. The zero-order valence-corrected chi connectivity index (χ0v) is 12.8. The lowest BCUT2D eigenvalue weighted by Gasteiger charge is -2.16. The van der Waals surface area contributed by atoms with Gasteiger partial charge < -0.3 is 15.4 Å². The largest absolute Gasteiger partial charge is 0.376 e. The molecule has 0 amide bonds. The smallest absolute Gasteiger partial charge is 0.134 e. The molecule has 5 heteroatoms. The number of rotatable bonds is 7. The Hall–Kier alpha value is -1.36. The lowest BCUT2D eigenvalue weighted by molar-refractivity contribution is 0.120. The van der Waals surface area contributed by atoms with Crippen molar-refractivity contribution in [3.05, 3.63) is 11.4 Å². The van der Waals surface area contributed by atoms with Gasteiger partial charge in [-0.2, -0.15) is 0 Å². The van der Waals surface area contributed by atoms with Crippen LogP contribution in [0.3, 0.4) is 0 Å². The molecule has 0 aliphatic carbocycles. The van der Waals surface area contributed by atoms with Crippen molar-refractivity contribution in [2.45, 2.75) is 52.6 Å². The molecule has 2 rings (SSSR count). The van der Waals surface area contributed by atoms with Gasteiger partial charge in [0.25, 0.3) is 0 Å². The molecule has 1 unspecified atom stereocenters. The van der Waals surface area contributed by atoms with E-state index in [1.807, 2.05) is 0 Å². The molecular weight excluding hydrogens is 252 g/mol. The lowest BCUT2D eigenvalue weighted by Crippen LogP contribution is -2.20. The maximum atomic E-state index is 5.64. The predicted molar refractivity (Wildman–Crippen MR) is 82.4 cm³/mol. The topological polar surface area (TPSA) is 59.1 Å². The third-order valence-electron chi connectivity index (χ3n) is 3.57. The SMILES string of the molecule is CCCNc1nc(CC)nc(NCC2CCCO2)c1C. The van der Waals surface area contributed by atoms with Crippen LogP contribution in [0.1, 0.15) is 44.5 Å². The van der Waals surface area contributed by atoms with Gasteiger partial charge in [-0.3, -0.25) is 0 Å². The van der Waals surface area contributed by atoms with E-state index in [-0.39, 0.29) is 0 Å². The summed E-state index contributed by atoms with van der Waals surface area (Å²) in [4.78, 5) is 9.18. The molecule has 2 N–H and O–H groups in total. The summed E-state index contributed by atoms with van der Waals surface area (Å²) >= 11 is 0. The van der Waals surface area contributed by atoms with Gasteiger partial charge >= 0.3 is 0 Å². The number of aromatic nitrogens is 2. The van der Waals surface area contributed by atoms with Gasteiger partial charge in [-0.15, -0.1) is 0 Å². The minimum Gasteiger partial charge on any atom is -0.376 e. The van der Waals surface area contributed by atoms with Crippen LogP contribution in [0.25, 0.3) is 0 Å².